The average Bonchev–Trinajstić information content (AvgIpc) is 3.00. The Morgan fingerprint density at radius 2 is 2.14 bits per heavy atom. The quantitative estimate of drug-likeness (QED) is 0.565. The highest BCUT2D eigenvalue weighted by Gasteiger charge is 2.47. The molecule has 29 heavy (non-hydrogen) atoms. The molecule has 2 bridgehead atoms. The first-order valence-electron chi connectivity index (χ1n) is 10.5. The first-order valence-corrected chi connectivity index (χ1v) is 10.5. The first-order chi connectivity index (χ1) is 13.9. The molecule has 0 amide bonds. The number of cyclic esters (lactones) is 1. The van der Waals surface area contributed by atoms with E-state index in [1.165, 1.54) is 6.26 Å². The van der Waals surface area contributed by atoms with Crippen LogP contribution in [0.25, 0.3) is 0 Å². The Hall–Kier alpha value is -1.86. The van der Waals surface area contributed by atoms with Crippen LogP contribution in [0.15, 0.2) is 23.5 Å². The Labute approximate surface area is 172 Å². The maximum atomic E-state index is 13.1. The molecule has 0 aromatic rings. The largest absolute Gasteiger partial charge is 0.468 e. The molecule has 162 valence electrons. The number of rotatable bonds is 4. The Balaban J connectivity index is 1.91. The van der Waals surface area contributed by atoms with Crippen LogP contribution < -0.4 is 0 Å². The number of carbonyl (C=O) groups excluding carboxylic acids is 2. The van der Waals surface area contributed by atoms with E-state index in [9.17, 15) is 14.7 Å². The molecule has 0 aromatic heterocycles. The summed E-state index contributed by atoms with van der Waals surface area (Å²) in [5.41, 5.74) is 1.04. The number of ether oxygens (including phenoxy) is 4. The number of esters is 2. The molecule has 1 N–H and O–H groups in total. The zero-order valence-electron chi connectivity index (χ0n) is 17.6. The summed E-state index contributed by atoms with van der Waals surface area (Å²) in [6.45, 7) is 8.45. The van der Waals surface area contributed by atoms with Crippen molar-refractivity contribution in [2.45, 2.75) is 52.9 Å². The third-order valence-corrected chi connectivity index (χ3v) is 6.66. The molecule has 0 radical (unpaired) electrons. The van der Waals surface area contributed by atoms with Gasteiger partial charge in [0.25, 0.3) is 0 Å². The molecular weight excluding hydrogens is 376 g/mol. The highest BCUT2D eigenvalue weighted by atomic mass is 16.7. The highest BCUT2D eigenvalue weighted by molar-refractivity contribution is 5.91. The molecule has 7 atom stereocenters. The van der Waals surface area contributed by atoms with Crippen LogP contribution in [-0.4, -0.2) is 49.3 Å². The van der Waals surface area contributed by atoms with Gasteiger partial charge in [0.1, 0.15) is 6.10 Å². The lowest BCUT2D eigenvalue weighted by Crippen LogP contribution is -2.34. The molecule has 2 aliphatic heterocycles. The second kappa shape index (κ2) is 9.30. The van der Waals surface area contributed by atoms with Gasteiger partial charge in [-0.15, -0.1) is 0 Å². The van der Waals surface area contributed by atoms with E-state index in [4.69, 9.17) is 18.9 Å². The lowest BCUT2D eigenvalue weighted by Gasteiger charge is -2.32. The number of aliphatic hydroxyl groups is 1. The van der Waals surface area contributed by atoms with Gasteiger partial charge in [-0.25, -0.2) is 4.79 Å². The van der Waals surface area contributed by atoms with E-state index < -0.39 is 18.2 Å². The molecule has 7 unspecified atom stereocenters. The third kappa shape index (κ3) is 4.36. The molecule has 3 aliphatic rings. The number of allylic oxidation sites excluding steroid dienone is 1. The first kappa shape index (κ1) is 21.8. The van der Waals surface area contributed by atoms with Crippen LogP contribution in [-0.2, 0) is 28.5 Å². The van der Waals surface area contributed by atoms with Crippen LogP contribution in [0.3, 0.4) is 0 Å². The van der Waals surface area contributed by atoms with Gasteiger partial charge in [0, 0.05) is 30.6 Å². The van der Waals surface area contributed by atoms with Crippen LogP contribution >= 0.6 is 0 Å². The topological polar surface area (TPSA) is 91.3 Å². The van der Waals surface area contributed by atoms with Crippen molar-refractivity contribution in [2.75, 3.05) is 19.8 Å². The molecule has 2 fully saturated rings. The van der Waals surface area contributed by atoms with E-state index in [1.54, 1.807) is 0 Å². The molecule has 7 nitrogen and oxygen atoms in total. The molecular formula is C22H32O7. The van der Waals surface area contributed by atoms with Crippen molar-refractivity contribution in [1.82, 2.24) is 0 Å². The number of carbonyl (C=O) groups is 2. The standard InChI is InChI=1S/C22H32O7/c1-5-14-16-8-20(24)27-10-17-13(4)19(7-15(17)12(3)9-23)29-21(25)18(16)11-28-22(14)26-6-2/h5,11-13,15-17,19,22-23H,6-10H2,1-4H3/b14-5-. The maximum Gasteiger partial charge on any atom is 0.338 e. The van der Waals surface area contributed by atoms with E-state index in [0.29, 0.717) is 18.6 Å². The minimum absolute atomic E-state index is 0.0273. The fourth-order valence-electron chi connectivity index (χ4n) is 4.85. The van der Waals surface area contributed by atoms with Crippen molar-refractivity contribution in [3.63, 3.8) is 0 Å². The van der Waals surface area contributed by atoms with Crippen LogP contribution in [0.4, 0.5) is 0 Å². The smallest absolute Gasteiger partial charge is 0.338 e. The van der Waals surface area contributed by atoms with Crippen molar-refractivity contribution >= 4 is 11.9 Å². The predicted molar refractivity (Wildman–Crippen MR) is 104 cm³/mol. The van der Waals surface area contributed by atoms with Gasteiger partial charge in [-0.05, 0) is 38.0 Å². The zero-order valence-corrected chi connectivity index (χ0v) is 17.6. The van der Waals surface area contributed by atoms with Crippen molar-refractivity contribution in [2.24, 2.45) is 29.6 Å². The van der Waals surface area contributed by atoms with E-state index in [0.717, 1.165) is 5.57 Å². The van der Waals surface area contributed by atoms with Crippen molar-refractivity contribution in [3.8, 4) is 0 Å². The Bertz CT molecular complexity index is 683. The van der Waals surface area contributed by atoms with E-state index >= 15 is 0 Å². The van der Waals surface area contributed by atoms with Gasteiger partial charge < -0.3 is 24.1 Å². The fourth-order valence-corrected chi connectivity index (χ4v) is 4.85. The third-order valence-electron chi connectivity index (χ3n) is 6.66. The van der Waals surface area contributed by atoms with Crippen molar-refractivity contribution < 1.29 is 33.6 Å². The number of fused-ring (bicyclic) bond motifs is 3. The van der Waals surface area contributed by atoms with Crippen LogP contribution in [0.2, 0.25) is 0 Å². The predicted octanol–water partition coefficient (Wildman–Crippen LogP) is 2.58. The summed E-state index contributed by atoms with van der Waals surface area (Å²) in [5.74, 6) is -1.08. The summed E-state index contributed by atoms with van der Waals surface area (Å²) in [4.78, 5) is 25.7. The Morgan fingerprint density at radius 3 is 2.79 bits per heavy atom. The van der Waals surface area contributed by atoms with Crippen LogP contribution in [0.5, 0.6) is 0 Å². The summed E-state index contributed by atoms with van der Waals surface area (Å²) in [5, 5.41) is 9.62. The van der Waals surface area contributed by atoms with Crippen molar-refractivity contribution in [1.29, 1.82) is 0 Å². The lowest BCUT2D eigenvalue weighted by atomic mass is 9.83. The second-order valence-corrected chi connectivity index (χ2v) is 8.25. The highest BCUT2D eigenvalue weighted by Crippen LogP contribution is 2.44. The lowest BCUT2D eigenvalue weighted by molar-refractivity contribution is -0.148. The molecule has 3 rings (SSSR count). The van der Waals surface area contributed by atoms with Gasteiger partial charge in [-0.2, -0.15) is 0 Å². The van der Waals surface area contributed by atoms with Gasteiger partial charge in [0.2, 0.25) is 6.29 Å². The monoisotopic (exact) mass is 408 g/mol. The molecule has 0 spiro atoms. The minimum atomic E-state index is -0.630. The Morgan fingerprint density at radius 1 is 1.38 bits per heavy atom. The fraction of sp³-hybridized carbons (Fsp3) is 0.727. The van der Waals surface area contributed by atoms with Crippen LogP contribution in [0.1, 0.15) is 40.5 Å². The van der Waals surface area contributed by atoms with E-state index in [1.807, 2.05) is 33.8 Å². The van der Waals surface area contributed by atoms with Crippen LogP contribution in [0, 0.1) is 29.6 Å². The zero-order chi connectivity index (χ0) is 21.1. The molecule has 2 heterocycles. The molecule has 1 saturated heterocycles. The number of aliphatic hydroxyl groups excluding tert-OH is 1. The summed E-state index contributed by atoms with van der Waals surface area (Å²) >= 11 is 0. The molecule has 1 aliphatic carbocycles. The van der Waals surface area contributed by atoms with Gasteiger partial charge in [0.05, 0.1) is 24.9 Å². The molecule has 1 saturated carbocycles. The minimum Gasteiger partial charge on any atom is -0.468 e. The summed E-state index contributed by atoms with van der Waals surface area (Å²) in [6, 6.07) is 0. The molecule has 7 heteroatoms. The normalized spacial score (nSPS) is 37.6. The maximum absolute atomic E-state index is 13.1. The SMILES string of the molecule is C/C=C1\C(OCC)OC=C2C(=O)OC3CC(C(C)CO)C(COC(=O)CC21)C3C. The summed E-state index contributed by atoms with van der Waals surface area (Å²) < 4.78 is 22.8. The van der Waals surface area contributed by atoms with Gasteiger partial charge in [-0.3, -0.25) is 4.79 Å². The average molecular weight is 408 g/mol. The van der Waals surface area contributed by atoms with E-state index in [2.05, 4.69) is 0 Å². The van der Waals surface area contributed by atoms with E-state index in [-0.39, 0.29) is 55.4 Å². The summed E-state index contributed by atoms with van der Waals surface area (Å²) in [6.07, 6.45) is 2.95. The Kier molecular flexibility index (Phi) is 7.01. The van der Waals surface area contributed by atoms with Gasteiger partial charge in [0.15, 0.2) is 0 Å². The van der Waals surface area contributed by atoms with Gasteiger partial charge >= 0.3 is 11.9 Å². The number of hydrogen-bond acceptors (Lipinski definition) is 7. The molecule has 0 aromatic carbocycles. The second-order valence-electron chi connectivity index (χ2n) is 8.25. The summed E-state index contributed by atoms with van der Waals surface area (Å²) in [7, 11) is 0. The number of hydrogen-bond donors (Lipinski definition) is 1. The van der Waals surface area contributed by atoms with Crippen molar-refractivity contribution in [3.05, 3.63) is 23.5 Å². The van der Waals surface area contributed by atoms with Gasteiger partial charge in [-0.1, -0.05) is 19.9 Å².